The highest BCUT2D eigenvalue weighted by Gasteiger charge is 2.38. The molecule has 0 radical (unpaired) electrons. The van der Waals surface area contributed by atoms with Gasteiger partial charge in [-0.05, 0) is 0 Å². The number of morpholine rings is 1. The summed E-state index contributed by atoms with van der Waals surface area (Å²) in [5, 5.41) is 10.0. The summed E-state index contributed by atoms with van der Waals surface area (Å²) in [6, 6.07) is -0.279. The number of alkyl halides is 3. The first-order valence-electron chi connectivity index (χ1n) is 4.15. The van der Waals surface area contributed by atoms with Crippen molar-refractivity contribution in [2.75, 3.05) is 19.8 Å². The lowest BCUT2D eigenvalue weighted by atomic mass is 10.3. The first-order chi connectivity index (χ1) is 7.25. The van der Waals surface area contributed by atoms with Crippen molar-refractivity contribution >= 4 is 11.9 Å². The fourth-order valence-electron chi connectivity index (χ4n) is 0.748. The molecule has 1 unspecified atom stereocenters. The van der Waals surface area contributed by atoms with Crippen LogP contribution in [-0.4, -0.2) is 49.0 Å². The minimum atomic E-state index is -5.08. The molecule has 9 heteroatoms. The Kier molecular flexibility index (Phi) is 5.75. The maximum absolute atomic E-state index is 10.6. The number of aliphatic carboxylic acids is 1. The van der Waals surface area contributed by atoms with Crippen molar-refractivity contribution in [1.82, 2.24) is 5.32 Å². The normalized spacial score (nSPS) is 20.6. The number of hydrogen-bond donors (Lipinski definition) is 3. The summed E-state index contributed by atoms with van der Waals surface area (Å²) in [6.07, 6.45) is -5.08. The van der Waals surface area contributed by atoms with Crippen LogP contribution < -0.4 is 11.1 Å². The predicted molar refractivity (Wildman–Crippen MR) is 45.5 cm³/mol. The molecule has 1 rings (SSSR count). The van der Waals surface area contributed by atoms with Gasteiger partial charge in [-0.25, -0.2) is 4.79 Å². The van der Waals surface area contributed by atoms with Crippen molar-refractivity contribution in [3.8, 4) is 0 Å². The number of ether oxygens (including phenoxy) is 1. The van der Waals surface area contributed by atoms with E-state index in [2.05, 4.69) is 5.32 Å². The number of carbonyl (C=O) groups is 2. The summed E-state index contributed by atoms with van der Waals surface area (Å²) in [7, 11) is 0. The van der Waals surface area contributed by atoms with Gasteiger partial charge in [0.1, 0.15) is 6.04 Å². The average molecular weight is 244 g/mol. The van der Waals surface area contributed by atoms with Gasteiger partial charge in [-0.1, -0.05) is 0 Å². The second kappa shape index (κ2) is 6.28. The number of carboxylic acid groups (broad SMARTS) is 1. The molecular weight excluding hydrogens is 233 g/mol. The first-order valence-corrected chi connectivity index (χ1v) is 4.15. The number of rotatable bonds is 1. The van der Waals surface area contributed by atoms with Gasteiger partial charge in [0.05, 0.1) is 13.2 Å². The second-order valence-corrected chi connectivity index (χ2v) is 2.79. The molecule has 1 amide bonds. The van der Waals surface area contributed by atoms with Crippen molar-refractivity contribution in [1.29, 1.82) is 0 Å². The van der Waals surface area contributed by atoms with E-state index >= 15 is 0 Å². The lowest BCUT2D eigenvalue weighted by molar-refractivity contribution is -0.192. The third-order valence-electron chi connectivity index (χ3n) is 1.51. The van der Waals surface area contributed by atoms with E-state index < -0.39 is 12.1 Å². The highest BCUT2D eigenvalue weighted by atomic mass is 19.4. The number of hydrogen-bond acceptors (Lipinski definition) is 4. The maximum atomic E-state index is 10.6. The van der Waals surface area contributed by atoms with Crippen LogP contribution >= 0.6 is 0 Å². The Bertz CT molecular complexity index is 251. The van der Waals surface area contributed by atoms with Crippen LogP contribution in [0, 0.1) is 0 Å². The molecule has 0 aromatic rings. The highest BCUT2D eigenvalue weighted by molar-refractivity contribution is 5.80. The summed E-state index contributed by atoms with van der Waals surface area (Å²) in [6.45, 7) is 1.80. The predicted octanol–water partition coefficient (Wildman–Crippen LogP) is -0.907. The number of halogens is 3. The van der Waals surface area contributed by atoms with E-state index in [-0.39, 0.29) is 11.9 Å². The van der Waals surface area contributed by atoms with Crippen LogP contribution in [0.15, 0.2) is 0 Å². The van der Waals surface area contributed by atoms with E-state index in [1.807, 2.05) is 0 Å². The van der Waals surface area contributed by atoms with Crippen LogP contribution in [-0.2, 0) is 14.3 Å². The standard InChI is InChI=1S/C5H10N2O2.C2HF3O2/c6-5(8)4-3-9-2-1-7-4;3-2(4,5)1(6)7/h4,7H,1-3H2,(H2,6,8);(H,6,7). The van der Waals surface area contributed by atoms with Crippen molar-refractivity contribution in [2.45, 2.75) is 12.2 Å². The minimum absolute atomic E-state index is 0.279. The molecule has 1 atom stereocenters. The van der Waals surface area contributed by atoms with Crippen LogP contribution in [0.3, 0.4) is 0 Å². The van der Waals surface area contributed by atoms with Crippen LogP contribution in [0.25, 0.3) is 0 Å². The molecule has 4 N–H and O–H groups in total. The van der Waals surface area contributed by atoms with Gasteiger partial charge in [0.25, 0.3) is 0 Å². The molecule has 1 fully saturated rings. The molecule has 16 heavy (non-hydrogen) atoms. The molecule has 0 bridgehead atoms. The SMILES string of the molecule is NC(=O)C1COCCN1.O=C(O)C(F)(F)F. The van der Waals surface area contributed by atoms with Crippen molar-refractivity contribution < 1.29 is 32.6 Å². The van der Waals surface area contributed by atoms with Gasteiger partial charge in [0, 0.05) is 6.54 Å². The zero-order valence-electron chi connectivity index (χ0n) is 8.08. The van der Waals surface area contributed by atoms with E-state index in [4.69, 9.17) is 20.4 Å². The van der Waals surface area contributed by atoms with E-state index in [9.17, 15) is 18.0 Å². The van der Waals surface area contributed by atoms with Crippen LogP contribution in [0.4, 0.5) is 13.2 Å². The van der Waals surface area contributed by atoms with E-state index in [1.54, 1.807) is 0 Å². The van der Waals surface area contributed by atoms with Gasteiger partial charge in [0.2, 0.25) is 5.91 Å². The third-order valence-corrected chi connectivity index (χ3v) is 1.51. The van der Waals surface area contributed by atoms with Gasteiger partial charge >= 0.3 is 12.1 Å². The summed E-state index contributed by atoms with van der Waals surface area (Å²) in [5.74, 6) is -3.10. The zero-order valence-corrected chi connectivity index (χ0v) is 8.08. The van der Waals surface area contributed by atoms with Crippen molar-refractivity contribution in [3.05, 3.63) is 0 Å². The van der Waals surface area contributed by atoms with Gasteiger partial charge in [0.15, 0.2) is 0 Å². The smallest absolute Gasteiger partial charge is 0.475 e. The van der Waals surface area contributed by atoms with Crippen molar-refractivity contribution in [2.24, 2.45) is 5.73 Å². The third kappa shape index (κ3) is 6.19. The molecule has 1 heterocycles. The molecule has 6 nitrogen and oxygen atoms in total. The second-order valence-electron chi connectivity index (χ2n) is 2.79. The zero-order chi connectivity index (χ0) is 12.8. The number of nitrogens with one attached hydrogen (secondary N) is 1. The average Bonchev–Trinajstić information content (AvgIpc) is 2.18. The quantitative estimate of drug-likeness (QED) is 0.554. The van der Waals surface area contributed by atoms with Gasteiger partial charge in [-0.15, -0.1) is 0 Å². The fraction of sp³-hybridized carbons (Fsp3) is 0.714. The molecule has 1 aliphatic heterocycles. The van der Waals surface area contributed by atoms with Gasteiger partial charge in [-0.3, -0.25) is 4.79 Å². The Labute approximate surface area is 88.5 Å². The first kappa shape index (κ1) is 14.6. The van der Waals surface area contributed by atoms with E-state index in [0.29, 0.717) is 19.8 Å². The monoisotopic (exact) mass is 244 g/mol. The number of primary amides is 1. The van der Waals surface area contributed by atoms with Gasteiger partial charge < -0.3 is 20.9 Å². The van der Waals surface area contributed by atoms with Crippen LogP contribution in [0.1, 0.15) is 0 Å². The topological polar surface area (TPSA) is 102 Å². The fourth-order valence-corrected chi connectivity index (χ4v) is 0.748. The Morgan fingerprint density at radius 2 is 1.94 bits per heavy atom. The number of carboxylic acids is 1. The number of nitrogens with two attached hydrogens (primary N) is 1. The lowest BCUT2D eigenvalue weighted by Crippen LogP contribution is -2.49. The van der Waals surface area contributed by atoms with Gasteiger partial charge in [-0.2, -0.15) is 13.2 Å². The molecule has 1 saturated heterocycles. The molecule has 1 aliphatic rings. The Morgan fingerprint density at radius 1 is 1.44 bits per heavy atom. The largest absolute Gasteiger partial charge is 0.490 e. The molecule has 94 valence electrons. The molecule has 0 aromatic heterocycles. The Morgan fingerprint density at radius 3 is 2.12 bits per heavy atom. The molecular formula is C7H11F3N2O4. The van der Waals surface area contributed by atoms with E-state index in [1.165, 1.54) is 0 Å². The molecule has 0 saturated carbocycles. The highest BCUT2D eigenvalue weighted by Crippen LogP contribution is 2.13. The number of amides is 1. The Balaban J connectivity index is 0.000000293. The number of carbonyl (C=O) groups excluding carboxylic acids is 1. The minimum Gasteiger partial charge on any atom is -0.475 e. The summed E-state index contributed by atoms with van der Waals surface area (Å²) >= 11 is 0. The maximum Gasteiger partial charge on any atom is 0.490 e. The van der Waals surface area contributed by atoms with E-state index in [0.717, 1.165) is 0 Å². The van der Waals surface area contributed by atoms with Crippen LogP contribution in [0.5, 0.6) is 0 Å². The lowest BCUT2D eigenvalue weighted by Gasteiger charge is -2.20. The van der Waals surface area contributed by atoms with Crippen LogP contribution in [0.2, 0.25) is 0 Å². The molecule has 0 aromatic carbocycles. The molecule has 0 spiro atoms. The Hall–Kier alpha value is -1.35. The van der Waals surface area contributed by atoms with Crippen molar-refractivity contribution in [3.63, 3.8) is 0 Å². The summed E-state index contributed by atoms with van der Waals surface area (Å²) in [5.41, 5.74) is 4.99. The molecule has 0 aliphatic carbocycles. The summed E-state index contributed by atoms with van der Waals surface area (Å²) < 4.78 is 36.7. The summed E-state index contributed by atoms with van der Waals surface area (Å²) in [4.78, 5) is 19.3.